The Balaban J connectivity index is 0.00000169. The summed E-state index contributed by atoms with van der Waals surface area (Å²) in [5.74, 6) is 0.216. The van der Waals surface area contributed by atoms with Gasteiger partial charge in [0.25, 0.3) is 0 Å². The molecule has 0 saturated carbocycles. The second-order valence-corrected chi connectivity index (χ2v) is 10.4. The molecule has 1 saturated heterocycles. The maximum Gasteiger partial charge on any atom is 0.233 e. The summed E-state index contributed by atoms with van der Waals surface area (Å²) in [4.78, 5) is 8.85. The summed E-state index contributed by atoms with van der Waals surface area (Å²) in [6.07, 6.45) is 4.20. The van der Waals surface area contributed by atoms with Crippen LogP contribution in [0.4, 0.5) is 4.39 Å². The highest BCUT2D eigenvalue weighted by Gasteiger charge is 2.47. The van der Waals surface area contributed by atoms with Crippen LogP contribution >= 0.6 is 37.2 Å². The molecule has 4 aromatic heterocycles. The molecule has 0 bridgehead atoms. The van der Waals surface area contributed by atoms with Crippen LogP contribution in [0.5, 0.6) is 11.6 Å². The van der Waals surface area contributed by atoms with Crippen LogP contribution in [0.25, 0.3) is 28.2 Å². The number of hydrogen-bond donors (Lipinski definition) is 2. The Hall–Kier alpha value is -2.72. The van der Waals surface area contributed by atoms with E-state index >= 15 is 4.39 Å². The first-order valence-electron chi connectivity index (χ1n) is 11.6. The van der Waals surface area contributed by atoms with E-state index in [2.05, 4.69) is 25.5 Å². The zero-order chi connectivity index (χ0) is 25.0. The number of pyridine rings is 2. The van der Waals surface area contributed by atoms with E-state index in [-0.39, 0.29) is 54.4 Å². The molecule has 4 aromatic rings. The number of ether oxygens (including phenoxy) is 1. The molecule has 1 aliphatic heterocycles. The van der Waals surface area contributed by atoms with Crippen molar-refractivity contribution in [2.24, 2.45) is 0 Å². The van der Waals surface area contributed by atoms with E-state index in [1.165, 1.54) is 0 Å². The third-order valence-corrected chi connectivity index (χ3v) is 6.32. The largest absolute Gasteiger partial charge is 0.506 e. The second-order valence-electron chi connectivity index (χ2n) is 10.4. The Morgan fingerprint density at radius 2 is 1.76 bits per heavy atom. The molecule has 1 fully saturated rings. The number of nitrogens with one attached hydrogen (secondary N) is 1. The number of halogens is 4. The Kier molecular flexibility index (Phi) is 9.59. The number of piperidine rings is 1. The molecular weight excluding hydrogens is 554 g/mol. The highest BCUT2D eigenvalue weighted by atomic mass is 35.5. The maximum absolute atomic E-state index is 15.0. The number of aromatic hydroxyl groups is 1. The third-order valence-electron chi connectivity index (χ3n) is 6.32. The maximum atomic E-state index is 15.0. The molecule has 0 radical (unpaired) electrons. The normalized spacial score (nSPS) is 19.5. The monoisotopic (exact) mass is 584 g/mol. The third kappa shape index (κ3) is 6.29. The number of nitrogens with zero attached hydrogens (tertiary/aromatic N) is 5. The SMILES string of the molecule is Cc1cn2cc(-c3cnc(-c4ccc(O[C@H]5CC(C)(C)NC(C)(C)[C@H]5F)nn4)c(O)c3)ccc2n1.Cl.Cl.Cl. The van der Waals surface area contributed by atoms with Crippen molar-refractivity contribution >= 4 is 42.9 Å². The lowest BCUT2D eigenvalue weighted by Gasteiger charge is -2.48. The first kappa shape index (κ1) is 31.5. The lowest BCUT2D eigenvalue weighted by molar-refractivity contribution is -0.0281. The van der Waals surface area contributed by atoms with Crippen LogP contribution in [0.2, 0.25) is 0 Å². The van der Waals surface area contributed by atoms with Crippen molar-refractivity contribution in [2.45, 2.75) is 64.4 Å². The minimum Gasteiger partial charge on any atom is -0.506 e. The minimum atomic E-state index is -1.21. The zero-order valence-electron chi connectivity index (χ0n) is 21.7. The molecule has 0 amide bonds. The highest BCUT2D eigenvalue weighted by Crippen LogP contribution is 2.34. The van der Waals surface area contributed by atoms with Crippen LogP contribution in [-0.2, 0) is 0 Å². The number of aromatic nitrogens is 5. The molecule has 8 nitrogen and oxygen atoms in total. The molecule has 2 atom stereocenters. The molecule has 12 heteroatoms. The van der Waals surface area contributed by atoms with Gasteiger partial charge in [0.15, 0.2) is 6.17 Å². The van der Waals surface area contributed by atoms with E-state index in [4.69, 9.17) is 4.74 Å². The standard InChI is InChI=1S/C26H29FN6O2.3ClH/c1-15-13-33-14-16(6-8-21(33)29-15)17-10-19(34)23(28-12-17)18-7-9-22(31-30-18)35-20-11-25(2,3)32-26(4,5)24(20)27;;;/h6-10,12-14,20,24,32,34H,11H2,1-5H3;3*1H/t20-,24-;;;/m0.../s1. The first-order valence-corrected chi connectivity index (χ1v) is 11.6. The van der Waals surface area contributed by atoms with Gasteiger partial charge in [-0.25, -0.2) is 14.4 Å². The molecule has 0 spiro atoms. The van der Waals surface area contributed by atoms with Crippen LogP contribution in [0.3, 0.4) is 0 Å². The van der Waals surface area contributed by atoms with Crippen LogP contribution < -0.4 is 10.1 Å². The number of imidazole rings is 1. The van der Waals surface area contributed by atoms with E-state index in [0.717, 1.165) is 22.5 Å². The molecule has 206 valence electrons. The lowest BCUT2D eigenvalue weighted by atomic mass is 9.79. The van der Waals surface area contributed by atoms with Crippen molar-refractivity contribution in [1.82, 2.24) is 29.9 Å². The lowest BCUT2D eigenvalue weighted by Crippen LogP contribution is -2.66. The summed E-state index contributed by atoms with van der Waals surface area (Å²) in [6.45, 7) is 9.65. The molecular formula is C26H32Cl3FN6O2. The van der Waals surface area contributed by atoms with Crippen LogP contribution in [-0.4, -0.2) is 53.0 Å². The molecule has 1 aliphatic rings. The predicted molar refractivity (Wildman–Crippen MR) is 153 cm³/mol. The van der Waals surface area contributed by atoms with E-state index in [9.17, 15) is 5.11 Å². The van der Waals surface area contributed by atoms with Gasteiger partial charge in [0.1, 0.15) is 28.9 Å². The summed E-state index contributed by atoms with van der Waals surface area (Å²) >= 11 is 0. The van der Waals surface area contributed by atoms with Gasteiger partial charge in [0.2, 0.25) is 5.88 Å². The van der Waals surface area contributed by atoms with Gasteiger partial charge in [0, 0.05) is 53.3 Å². The molecule has 0 aromatic carbocycles. The highest BCUT2D eigenvalue weighted by molar-refractivity contribution is 5.86. The summed E-state index contributed by atoms with van der Waals surface area (Å²) in [5, 5.41) is 22.3. The number of aryl methyl sites for hydroxylation is 1. The Morgan fingerprint density at radius 3 is 2.42 bits per heavy atom. The number of alkyl halides is 1. The average Bonchev–Trinajstić information content (AvgIpc) is 3.16. The van der Waals surface area contributed by atoms with Crippen LogP contribution in [0, 0.1) is 6.92 Å². The van der Waals surface area contributed by atoms with Gasteiger partial charge in [-0.3, -0.25) is 0 Å². The average molecular weight is 586 g/mol. The van der Waals surface area contributed by atoms with Crippen LogP contribution in [0.1, 0.15) is 39.8 Å². The fraction of sp³-hybridized carbons (Fsp3) is 0.385. The predicted octanol–water partition coefficient (Wildman–Crippen LogP) is 5.77. The summed E-state index contributed by atoms with van der Waals surface area (Å²) in [6, 6.07) is 8.79. The quantitative estimate of drug-likeness (QED) is 0.314. The second kappa shape index (κ2) is 11.6. The van der Waals surface area contributed by atoms with E-state index < -0.39 is 17.8 Å². The van der Waals surface area contributed by atoms with Crippen molar-refractivity contribution in [3.63, 3.8) is 0 Å². The number of fused-ring (bicyclic) bond motifs is 1. The van der Waals surface area contributed by atoms with Gasteiger partial charge in [-0.15, -0.1) is 47.4 Å². The fourth-order valence-electron chi connectivity index (χ4n) is 4.93. The summed E-state index contributed by atoms with van der Waals surface area (Å²) in [7, 11) is 0. The van der Waals surface area contributed by atoms with Gasteiger partial charge >= 0.3 is 0 Å². The Morgan fingerprint density at radius 1 is 1.03 bits per heavy atom. The van der Waals surface area contributed by atoms with Crippen molar-refractivity contribution in [2.75, 3.05) is 0 Å². The van der Waals surface area contributed by atoms with Crippen LogP contribution in [0.15, 0.2) is 48.9 Å². The summed E-state index contributed by atoms with van der Waals surface area (Å²) < 4.78 is 22.9. The Labute approximate surface area is 239 Å². The van der Waals surface area contributed by atoms with E-state index in [1.54, 1.807) is 24.4 Å². The number of hydrogen-bond acceptors (Lipinski definition) is 7. The Bertz CT molecular complexity index is 1400. The number of rotatable bonds is 4. The minimum absolute atomic E-state index is 0. The van der Waals surface area contributed by atoms with Gasteiger partial charge in [-0.05, 0) is 58.9 Å². The van der Waals surface area contributed by atoms with Gasteiger partial charge in [0.05, 0.1) is 5.69 Å². The zero-order valence-corrected chi connectivity index (χ0v) is 24.1. The molecule has 0 aliphatic carbocycles. The van der Waals surface area contributed by atoms with Crippen molar-refractivity contribution < 1.29 is 14.2 Å². The molecule has 38 heavy (non-hydrogen) atoms. The molecule has 5 rings (SSSR count). The van der Waals surface area contributed by atoms with Gasteiger partial charge in [-0.1, -0.05) is 0 Å². The molecule has 5 heterocycles. The van der Waals surface area contributed by atoms with Crippen molar-refractivity contribution in [3.05, 3.63) is 54.6 Å². The smallest absolute Gasteiger partial charge is 0.233 e. The van der Waals surface area contributed by atoms with Gasteiger partial charge in [-0.2, -0.15) is 0 Å². The fourth-order valence-corrected chi connectivity index (χ4v) is 4.93. The molecule has 2 N–H and O–H groups in total. The van der Waals surface area contributed by atoms with E-state index in [1.807, 2.05) is 63.5 Å². The first-order chi connectivity index (χ1) is 16.5. The summed E-state index contributed by atoms with van der Waals surface area (Å²) in [5.41, 5.74) is 3.14. The van der Waals surface area contributed by atoms with Gasteiger partial charge < -0.3 is 19.6 Å². The van der Waals surface area contributed by atoms with Crippen molar-refractivity contribution in [3.8, 4) is 34.1 Å². The van der Waals surface area contributed by atoms with E-state index in [0.29, 0.717) is 17.8 Å². The van der Waals surface area contributed by atoms with Crippen molar-refractivity contribution in [1.29, 1.82) is 0 Å². The topological polar surface area (TPSA) is 97.5 Å². The molecule has 0 unspecified atom stereocenters.